The molecule has 1 amide bonds. The molecule has 0 saturated carbocycles. The quantitative estimate of drug-likeness (QED) is 0.0828. The number of esters is 1. The van der Waals surface area contributed by atoms with Gasteiger partial charge in [-0.15, -0.1) is 0 Å². The Labute approximate surface area is 338 Å². The average Bonchev–Trinajstić information content (AvgIpc) is 3.80. The number of halogens is 3. The van der Waals surface area contributed by atoms with Crippen LogP contribution in [0.25, 0.3) is 33.4 Å². The number of pyridine rings is 1. The number of carbonyl (C=O) groups is 3. The molecule has 0 unspecified atom stereocenters. The molecule has 17 heteroatoms. The summed E-state index contributed by atoms with van der Waals surface area (Å²) in [6.45, 7) is 5.87. The fourth-order valence-corrected chi connectivity index (χ4v) is 7.00. The van der Waals surface area contributed by atoms with E-state index in [9.17, 15) is 32.7 Å². The van der Waals surface area contributed by atoms with Gasteiger partial charge in [0.05, 0.1) is 30.5 Å². The zero-order chi connectivity index (χ0) is 42.3. The minimum absolute atomic E-state index is 0.00873. The first kappa shape index (κ1) is 42.8. The summed E-state index contributed by atoms with van der Waals surface area (Å²) in [7, 11) is 1.49. The lowest BCUT2D eigenvalue weighted by Gasteiger charge is -2.28. The maximum Gasteiger partial charge on any atom is 0.408 e. The topological polar surface area (TPSA) is 179 Å². The Morgan fingerprint density at radius 2 is 1.85 bits per heavy atom. The Morgan fingerprint density at radius 1 is 1.07 bits per heavy atom. The maximum absolute atomic E-state index is 14.5. The highest BCUT2D eigenvalue weighted by atomic mass is 19.4. The van der Waals surface area contributed by atoms with Gasteiger partial charge in [-0.1, -0.05) is 50.2 Å². The summed E-state index contributed by atoms with van der Waals surface area (Å²) in [4.78, 5) is 46.6. The number of nitrogens with one attached hydrogen (secondary N) is 3. The second kappa shape index (κ2) is 18.4. The zero-order valence-electron chi connectivity index (χ0n) is 33.1. The lowest BCUT2D eigenvalue weighted by Crippen LogP contribution is -2.53. The van der Waals surface area contributed by atoms with Crippen LogP contribution in [0.4, 0.5) is 18.0 Å². The van der Waals surface area contributed by atoms with Gasteiger partial charge in [0.2, 0.25) is 0 Å². The largest absolute Gasteiger partial charge is 0.480 e. The molecule has 0 spiro atoms. The smallest absolute Gasteiger partial charge is 0.408 e. The molecule has 0 aliphatic carbocycles. The number of carboxylic acid groups (broad SMARTS) is 1. The van der Waals surface area contributed by atoms with Gasteiger partial charge in [0.1, 0.15) is 37.2 Å². The van der Waals surface area contributed by atoms with E-state index in [0.29, 0.717) is 40.9 Å². The van der Waals surface area contributed by atoms with Gasteiger partial charge in [-0.2, -0.15) is 13.2 Å². The van der Waals surface area contributed by atoms with Crippen molar-refractivity contribution < 1.29 is 51.3 Å². The molecule has 5 aromatic rings. The molecule has 4 N–H and O–H groups in total. The highest BCUT2D eigenvalue weighted by Crippen LogP contribution is 2.43. The minimum Gasteiger partial charge on any atom is -0.480 e. The van der Waals surface area contributed by atoms with E-state index < -0.39 is 54.4 Å². The Bertz CT molecular complexity index is 2250. The van der Waals surface area contributed by atoms with E-state index in [-0.39, 0.29) is 48.9 Å². The first-order valence-electron chi connectivity index (χ1n) is 19.1. The van der Waals surface area contributed by atoms with Crippen LogP contribution in [0.2, 0.25) is 0 Å². The third-order valence-corrected chi connectivity index (χ3v) is 9.95. The van der Waals surface area contributed by atoms with Crippen molar-refractivity contribution in [1.82, 2.24) is 30.5 Å². The lowest BCUT2D eigenvalue weighted by molar-refractivity contribution is -0.149. The van der Waals surface area contributed by atoms with E-state index in [0.717, 1.165) is 12.1 Å². The van der Waals surface area contributed by atoms with Gasteiger partial charge in [0, 0.05) is 60.4 Å². The monoisotopic (exact) mass is 820 g/mol. The molecule has 1 fully saturated rings. The number of amides is 1. The second-order valence-electron chi connectivity index (χ2n) is 15.2. The molecule has 1 aliphatic heterocycles. The van der Waals surface area contributed by atoms with E-state index in [4.69, 9.17) is 18.6 Å². The van der Waals surface area contributed by atoms with Crippen molar-refractivity contribution in [3.8, 4) is 22.5 Å². The standard InChI is InChI=1S/C42H47F3N6O8/c1-25(56-4)36-28(11-8-14-48-36)37-30(19-41(2,3)24-59-39(54)32-20-46-15-16-47-32)29-17-27(12-13-34(29)51(37)23-42(43,44)45)33-22-57-35(49-33)18-31(38(52)53)50-40(55)58-21-26-9-6-5-7-10-26/h5-14,17,22,25,31-32,46-47H,15-16,18-21,23-24H2,1-4H3,(H,50,55)(H,52,53)/t25-,31-,32-/m0/s1. The maximum atomic E-state index is 14.5. The molecule has 1 saturated heterocycles. The first-order valence-corrected chi connectivity index (χ1v) is 19.1. The molecule has 0 radical (unpaired) electrons. The van der Waals surface area contributed by atoms with Crippen molar-refractivity contribution in [1.29, 1.82) is 0 Å². The number of benzene rings is 2. The van der Waals surface area contributed by atoms with Crippen LogP contribution in [0.5, 0.6) is 0 Å². The highest BCUT2D eigenvalue weighted by Gasteiger charge is 2.35. The number of alkyl halides is 3. The Kier molecular flexibility index (Phi) is 13.4. The normalized spacial score (nSPS) is 15.7. The number of rotatable bonds is 16. The molecule has 3 aromatic heterocycles. The third-order valence-electron chi connectivity index (χ3n) is 9.95. The summed E-state index contributed by atoms with van der Waals surface area (Å²) in [5.74, 6) is -1.78. The molecule has 314 valence electrons. The number of hydrogen-bond acceptors (Lipinski definition) is 11. The Morgan fingerprint density at radius 3 is 2.54 bits per heavy atom. The number of fused-ring (bicyclic) bond motifs is 1. The molecule has 3 atom stereocenters. The van der Waals surface area contributed by atoms with Gasteiger partial charge in [0.25, 0.3) is 0 Å². The van der Waals surface area contributed by atoms with Crippen LogP contribution in [-0.2, 0) is 49.8 Å². The molecular formula is C42H47F3N6O8. The number of ether oxygens (including phenoxy) is 3. The van der Waals surface area contributed by atoms with Gasteiger partial charge >= 0.3 is 24.2 Å². The Hall–Kier alpha value is -5.78. The van der Waals surface area contributed by atoms with Crippen molar-refractivity contribution in [2.45, 2.75) is 71.1 Å². The first-order chi connectivity index (χ1) is 28.1. The van der Waals surface area contributed by atoms with Crippen LogP contribution in [-0.4, -0.2) is 89.3 Å². The number of hydrogen-bond donors (Lipinski definition) is 4. The summed E-state index contributed by atoms with van der Waals surface area (Å²) >= 11 is 0. The highest BCUT2D eigenvalue weighted by molar-refractivity contribution is 5.95. The average molecular weight is 821 g/mol. The number of methoxy groups -OCH3 is 1. The number of aliphatic carboxylic acids is 1. The molecule has 2 aromatic carbocycles. The van der Waals surface area contributed by atoms with Crippen LogP contribution in [0.1, 0.15) is 49.6 Å². The number of alkyl carbamates (subject to hydrolysis) is 1. The van der Waals surface area contributed by atoms with Crippen molar-refractivity contribution in [2.24, 2.45) is 5.41 Å². The summed E-state index contributed by atoms with van der Waals surface area (Å²) in [5, 5.41) is 19.0. The van der Waals surface area contributed by atoms with E-state index in [1.54, 1.807) is 67.7 Å². The summed E-state index contributed by atoms with van der Waals surface area (Å²) < 4.78 is 67.0. The predicted octanol–water partition coefficient (Wildman–Crippen LogP) is 6.22. The SMILES string of the molecule is CO[C@@H](C)c1ncccc1-c1c(CC(C)(C)COC(=O)[C@@H]2CNCCN2)c2cc(-c3coc(C[C@H](NC(=O)OCc4ccccc4)C(=O)O)n3)ccc2n1CC(F)(F)F. The zero-order valence-corrected chi connectivity index (χ0v) is 33.1. The summed E-state index contributed by atoms with van der Waals surface area (Å²) in [6.07, 6.45) is -3.39. The van der Waals surface area contributed by atoms with Gasteiger partial charge in [-0.3, -0.25) is 9.78 Å². The van der Waals surface area contributed by atoms with Gasteiger partial charge in [-0.25, -0.2) is 14.6 Å². The number of oxazole rings is 1. The van der Waals surface area contributed by atoms with E-state index in [2.05, 4.69) is 25.9 Å². The van der Waals surface area contributed by atoms with Gasteiger partial charge in [0.15, 0.2) is 5.89 Å². The van der Waals surface area contributed by atoms with Crippen molar-refractivity contribution >= 4 is 28.9 Å². The number of aromatic nitrogens is 3. The molecule has 59 heavy (non-hydrogen) atoms. The van der Waals surface area contributed by atoms with Crippen molar-refractivity contribution in [3.63, 3.8) is 0 Å². The van der Waals surface area contributed by atoms with Gasteiger partial charge < -0.3 is 44.3 Å². The molecular weight excluding hydrogens is 773 g/mol. The summed E-state index contributed by atoms with van der Waals surface area (Å²) in [5.41, 5.74) is 2.72. The number of carboxylic acids is 1. The van der Waals surface area contributed by atoms with Crippen LogP contribution in [0.3, 0.4) is 0 Å². The van der Waals surface area contributed by atoms with E-state index >= 15 is 0 Å². The lowest BCUT2D eigenvalue weighted by atomic mass is 9.84. The molecule has 6 rings (SSSR count). The number of piperazine rings is 1. The summed E-state index contributed by atoms with van der Waals surface area (Å²) in [6, 6.07) is 15.2. The van der Waals surface area contributed by atoms with Crippen molar-refractivity contribution in [2.75, 3.05) is 33.4 Å². The molecule has 1 aliphatic rings. The number of nitrogens with zero attached hydrogens (tertiary/aromatic N) is 3. The van der Waals surface area contributed by atoms with Crippen LogP contribution < -0.4 is 16.0 Å². The van der Waals surface area contributed by atoms with Crippen LogP contribution >= 0.6 is 0 Å². The molecule has 14 nitrogen and oxygen atoms in total. The van der Waals surface area contributed by atoms with Crippen molar-refractivity contribution in [3.05, 3.63) is 95.8 Å². The predicted molar refractivity (Wildman–Crippen MR) is 210 cm³/mol. The molecule has 4 heterocycles. The minimum atomic E-state index is -4.61. The van der Waals surface area contributed by atoms with Crippen LogP contribution in [0, 0.1) is 5.41 Å². The van der Waals surface area contributed by atoms with E-state index in [1.807, 2.05) is 19.9 Å². The number of carbonyl (C=O) groups excluding carboxylic acids is 2. The molecule has 0 bridgehead atoms. The van der Waals surface area contributed by atoms with Crippen LogP contribution in [0.15, 0.2) is 77.5 Å². The second-order valence-corrected chi connectivity index (χ2v) is 15.2. The third kappa shape index (κ3) is 10.8. The van der Waals surface area contributed by atoms with E-state index in [1.165, 1.54) is 17.9 Å². The fraction of sp³-hybridized carbons (Fsp3) is 0.405. The Balaban J connectivity index is 1.36. The van der Waals surface area contributed by atoms with Gasteiger partial charge in [-0.05, 0) is 48.7 Å². The fourth-order valence-electron chi connectivity index (χ4n) is 7.00.